The van der Waals surface area contributed by atoms with Gasteiger partial charge in [-0.25, -0.2) is 4.98 Å². The molecule has 0 aliphatic heterocycles. The molecule has 0 atom stereocenters. The molecule has 0 radical (unpaired) electrons. The molecule has 0 aliphatic rings. The topological polar surface area (TPSA) is 80.5 Å². The van der Waals surface area contributed by atoms with E-state index in [0.29, 0.717) is 11.7 Å². The summed E-state index contributed by atoms with van der Waals surface area (Å²) >= 11 is 0. The molecule has 0 fully saturated rings. The van der Waals surface area contributed by atoms with E-state index in [4.69, 9.17) is 5.73 Å². The highest BCUT2D eigenvalue weighted by atomic mass is 15.2. The maximum absolute atomic E-state index is 5.85. The van der Waals surface area contributed by atoms with E-state index in [2.05, 4.69) is 34.0 Å². The smallest absolute Gasteiger partial charge is 0.157 e. The molecule has 19 heavy (non-hydrogen) atoms. The monoisotopic (exact) mass is 253 g/mol. The van der Waals surface area contributed by atoms with Crippen molar-refractivity contribution < 1.29 is 0 Å². The molecule has 3 N–H and O–H groups in total. The summed E-state index contributed by atoms with van der Waals surface area (Å²) in [6.45, 7) is 4.25. The highest BCUT2D eigenvalue weighted by molar-refractivity contribution is 5.90. The number of nitrogens with zero attached hydrogens (tertiary/aromatic N) is 3. The molecule has 0 bridgehead atoms. The second-order valence-electron chi connectivity index (χ2n) is 4.82. The fourth-order valence-electron chi connectivity index (χ4n) is 2.18. The number of nitrogen functional groups attached to an aromatic ring is 1. The first-order chi connectivity index (χ1) is 9.16. The zero-order valence-electron chi connectivity index (χ0n) is 10.9. The minimum absolute atomic E-state index is 0.317. The Bertz CT molecular complexity index is 715. The van der Waals surface area contributed by atoms with Gasteiger partial charge in [0.15, 0.2) is 11.5 Å². The molecular formula is C14H15N5. The van der Waals surface area contributed by atoms with E-state index in [1.165, 1.54) is 0 Å². The van der Waals surface area contributed by atoms with Crippen LogP contribution in [-0.4, -0.2) is 20.2 Å². The predicted octanol–water partition coefficient (Wildman–Crippen LogP) is 2.73. The lowest BCUT2D eigenvalue weighted by Crippen LogP contribution is -1.98. The minimum atomic E-state index is 0.317. The molecule has 96 valence electrons. The number of anilines is 1. The maximum Gasteiger partial charge on any atom is 0.157 e. The first-order valence-electron chi connectivity index (χ1n) is 6.21. The molecule has 3 heterocycles. The Labute approximate surface area is 110 Å². The Morgan fingerprint density at radius 2 is 1.95 bits per heavy atom. The van der Waals surface area contributed by atoms with E-state index in [-0.39, 0.29) is 0 Å². The van der Waals surface area contributed by atoms with E-state index >= 15 is 0 Å². The number of pyridine rings is 2. The highest BCUT2D eigenvalue weighted by Gasteiger charge is 2.14. The van der Waals surface area contributed by atoms with Gasteiger partial charge >= 0.3 is 0 Å². The van der Waals surface area contributed by atoms with Crippen LogP contribution in [0.3, 0.4) is 0 Å². The van der Waals surface area contributed by atoms with Crippen LogP contribution in [-0.2, 0) is 0 Å². The lowest BCUT2D eigenvalue weighted by atomic mass is 9.97. The van der Waals surface area contributed by atoms with Crippen molar-refractivity contribution in [1.82, 2.24) is 20.2 Å². The van der Waals surface area contributed by atoms with Gasteiger partial charge in [0.25, 0.3) is 0 Å². The number of aromatic amines is 1. The summed E-state index contributed by atoms with van der Waals surface area (Å²) in [5.74, 6) is 0.796. The molecule has 0 saturated carbocycles. The van der Waals surface area contributed by atoms with Crippen LogP contribution in [0.5, 0.6) is 0 Å². The van der Waals surface area contributed by atoms with Crippen molar-refractivity contribution in [3.05, 3.63) is 36.3 Å². The third kappa shape index (κ3) is 1.93. The van der Waals surface area contributed by atoms with Gasteiger partial charge in [-0.05, 0) is 29.7 Å². The van der Waals surface area contributed by atoms with E-state index in [9.17, 15) is 0 Å². The Morgan fingerprint density at radius 3 is 2.63 bits per heavy atom. The Balaban J connectivity index is 2.31. The summed E-state index contributed by atoms with van der Waals surface area (Å²) in [4.78, 5) is 8.71. The number of hydrogen-bond donors (Lipinski definition) is 2. The summed E-state index contributed by atoms with van der Waals surface area (Å²) in [5.41, 5.74) is 9.79. The van der Waals surface area contributed by atoms with Gasteiger partial charge in [-0.2, -0.15) is 5.10 Å². The van der Waals surface area contributed by atoms with Crippen molar-refractivity contribution in [1.29, 1.82) is 0 Å². The molecule has 5 nitrogen and oxygen atoms in total. The first-order valence-corrected chi connectivity index (χ1v) is 6.21. The van der Waals surface area contributed by atoms with E-state index in [1.807, 2.05) is 18.2 Å². The second-order valence-corrected chi connectivity index (χ2v) is 4.82. The summed E-state index contributed by atoms with van der Waals surface area (Å²) in [6.07, 6.45) is 3.56. The molecule has 3 aromatic rings. The van der Waals surface area contributed by atoms with Crippen LogP contribution in [0.1, 0.15) is 25.5 Å². The van der Waals surface area contributed by atoms with Gasteiger partial charge in [0.2, 0.25) is 0 Å². The van der Waals surface area contributed by atoms with Gasteiger partial charge < -0.3 is 5.73 Å². The number of H-pyrrole nitrogens is 1. The number of fused-ring (bicyclic) bond motifs is 1. The van der Waals surface area contributed by atoms with Crippen LogP contribution in [0.25, 0.3) is 22.2 Å². The van der Waals surface area contributed by atoms with Gasteiger partial charge in [-0.15, -0.1) is 0 Å². The lowest BCUT2D eigenvalue weighted by molar-refractivity contribution is 0.830. The van der Waals surface area contributed by atoms with Crippen LogP contribution in [0.2, 0.25) is 0 Å². The molecular weight excluding hydrogens is 238 g/mol. The summed E-state index contributed by atoms with van der Waals surface area (Å²) in [7, 11) is 0. The van der Waals surface area contributed by atoms with Crippen LogP contribution < -0.4 is 5.73 Å². The largest absolute Gasteiger partial charge is 0.382 e. The average Bonchev–Trinajstić information content (AvgIpc) is 2.79. The molecule has 5 heteroatoms. The lowest BCUT2D eigenvalue weighted by Gasteiger charge is -2.12. The van der Waals surface area contributed by atoms with E-state index in [0.717, 1.165) is 27.9 Å². The maximum atomic E-state index is 5.85. The summed E-state index contributed by atoms with van der Waals surface area (Å²) in [6, 6.07) is 6.00. The van der Waals surface area contributed by atoms with Gasteiger partial charge in [-0.3, -0.25) is 10.1 Å². The fourth-order valence-corrected chi connectivity index (χ4v) is 2.18. The van der Waals surface area contributed by atoms with Gasteiger partial charge in [-0.1, -0.05) is 13.8 Å². The van der Waals surface area contributed by atoms with Crippen molar-refractivity contribution in [2.45, 2.75) is 19.8 Å². The predicted molar refractivity (Wildman–Crippen MR) is 75.6 cm³/mol. The van der Waals surface area contributed by atoms with Crippen LogP contribution in [0, 0.1) is 0 Å². The van der Waals surface area contributed by atoms with Crippen molar-refractivity contribution in [3.63, 3.8) is 0 Å². The summed E-state index contributed by atoms with van der Waals surface area (Å²) in [5, 5.41) is 7.73. The third-order valence-electron chi connectivity index (χ3n) is 3.15. The Morgan fingerprint density at radius 1 is 1.21 bits per heavy atom. The number of nitrogens with two attached hydrogens (primary N) is 1. The SMILES string of the molecule is CC(C)c1nc2[nH]nc(N)c2cc1-c1ccncc1. The standard InChI is InChI=1S/C14H15N5/c1-8(2)12-10(9-3-5-16-6-4-9)7-11-13(15)18-19-14(11)17-12/h3-8H,1-2H3,(H3,15,17,18,19). The van der Waals surface area contributed by atoms with Gasteiger partial charge in [0, 0.05) is 18.0 Å². The quantitative estimate of drug-likeness (QED) is 0.735. The second kappa shape index (κ2) is 4.35. The van der Waals surface area contributed by atoms with E-state index in [1.54, 1.807) is 12.4 Å². The number of hydrogen-bond acceptors (Lipinski definition) is 4. The third-order valence-corrected chi connectivity index (χ3v) is 3.15. The van der Waals surface area contributed by atoms with Crippen LogP contribution in [0.4, 0.5) is 5.82 Å². The molecule has 0 aliphatic carbocycles. The van der Waals surface area contributed by atoms with Crippen LogP contribution in [0.15, 0.2) is 30.6 Å². The number of nitrogens with one attached hydrogen (secondary N) is 1. The number of rotatable bonds is 2. The zero-order valence-corrected chi connectivity index (χ0v) is 10.9. The molecule has 0 aromatic carbocycles. The first kappa shape index (κ1) is 11.6. The van der Waals surface area contributed by atoms with E-state index < -0.39 is 0 Å². The Hall–Kier alpha value is -2.43. The molecule has 0 saturated heterocycles. The highest BCUT2D eigenvalue weighted by Crippen LogP contribution is 2.31. The van der Waals surface area contributed by atoms with Crippen molar-refractivity contribution in [2.75, 3.05) is 5.73 Å². The van der Waals surface area contributed by atoms with Crippen molar-refractivity contribution in [3.8, 4) is 11.1 Å². The normalized spacial score (nSPS) is 11.3. The van der Waals surface area contributed by atoms with Gasteiger partial charge in [0.1, 0.15) is 0 Å². The van der Waals surface area contributed by atoms with Crippen LogP contribution >= 0.6 is 0 Å². The zero-order chi connectivity index (χ0) is 13.4. The fraction of sp³-hybridized carbons (Fsp3) is 0.214. The number of aromatic nitrogens is 4. The van der Waals surface area contributed by atoms with Crippen molar-refractivity contribution in [2.24, 2.45) is 0 Å². The molecule has 0 amide bonds. The molecule has 0 spiro atoms. The van der Waals surface area contributed by atoms with Gasteiger partial charge in [0.05, 0.1) is 11.1 Å². The molecule has 0 unspecified atom stereocenters. The van der Waals surface area contributed by atoms with Crippen molar-refractivity contribution >= 4 is 16.9 Å². The average molecular weight is 253 g/mol. The molecule has 3 aromatic heterocycles. The Kier molecular flexibility index (Phi) is 2.67. The molecule has 3 rings (SSSR count). The summed E-state index contributed by atoms with van der Waals surface area (Å²) < 4.78 is 0. The minimum Gasteiger partial charge on any atom is -0.382 e.